The molecule has 6 aliphatic heterocycles. The van der Waals surface area contributed by atoms with E-state index >= 15 is 9.59 Å². The molecule has 376 valence electrons. The molecule has 4 saturated heterocycles. The first-order valence-corrected chi connectivity index (χ1v) is 27.1. The van der Waals surface area contributed by atoms with Gasteiger partial charge in [0.25, 0.3) is 5.91 Å². The number of ether oxygens (including phenoxy) is 1. The third-order valence-corrected chi connectivity index (χ3v) is 17.5. The molecule has 8 heterocycles. The number of aromatic nitrogens is 2. The molecule has 6 bridgehead atoms. The molecule has 6 fully saturated rings. The maximum Gasteiger partial charge on any atom is 0.324 e. The molecule has 1 aromatic carbocycles. The predicted molar refractivity (Wildman–Crippen MR) is 271 cm³/mol. The Hall–Kier alpha value is -4.63. The van der Waals surface area contributed by atoms with Gasteiger partial charge in [-0.1, -0.05) is 52.7 Å². The zero-order valence-corrected chi connectivity index (χ0v) is 42.4. The number of pyridine rings is 1. The average Bonchev–Trinajstić information content (AvgIpc) is 4.17. The summed E-state index contributed by atoms with van der Waals surface area (Å²) < 4.78 is 8.66. The van der Waals surface area contributed by atoms with Gasteiger partial charge in [0, 0.05) is 91.9 Å². The molecule has 2 aliphatic carbocycles. The lowest BCUT2D eigenvalue weighted by atomic mass is 9.83. The number of carbonyl (C=O) groups excluding carboxylic acids is 4. The van der Waals surface area contributed by atoms with E-state index in [2.05, 4.69) is 100 Å². The van der Waals surface area contributed by atoms with Gasteiger partial charge >= 0.3 is 5.97 Å². The third-order valence-electron chi connectivity index (χ3n) is 17.5. The van der Waals surface area contributed by atoms with E-state index in [1.807, 2.05) is 12.3 Å². The largest absolute Gasteiger partial charge is 0.464 e. The van der Waals surface area contributed by atoms with E-state index in [1.165, 1.54) is 40.6 Å². The lowest BCUT2D eigenvalue weighted by Gasteiger charge is -2.39. The normalized spacial score (nSPS) is 30.2. The van der Waals surface area contributed by atoms with Crippen LogP contribution in [0.3, 0.4) is 0 Å². The Kier molecular flexibility index (Phi) is 13.0. The topological polar surface area (TPSA) is 154 Å². The molecule has 3 aromatic rings. The zero-order chi connectivity index (χ0) is 48.5. The van der Waals surface area contributed by atoms with Crippen molar-refractivity contribution in [1.82, 2.24) is 45.3 Å². The van der Waals surface area contributed by atoms with Gasteiger partial charge in [-0.3, -0.25) is 44.3 Å². The lowest BCUT2D eigenvalue weighted by molar-refractivity contribution is -0.155. The van der Waals surface area contributed by atoms with E-state index in [1.54, 1.807) is 5.01 Å². The number of aryl methyl sites for hydroxylation is 1. The summed E-state index contributed by atoms with van der Waals surface area (Å²) in [6.45, 7) is 17.3. The number of cyclic esters (lactones) is 1. The quantitative estimate of drug-likeness (QED) is 0.165. The summed E-state index contributed by atoms with van der Waals surface area (Å²) >= 11 is 0. The molecule has 11 rings (SSSR count). The number of fused-ring (bicyclic) bond motifs is 6. The van der Waals surface area contributed by atoms with Crippen molar-refractivity contribution in [2.75, 3.05) is 59.0 Å². The average molecular weight is 956 g/mol. The molecular formula is C56H77N9O5. The number of hydrazine groups is 1. The molecule has 1 unspecified atom stereocenters. The number of nitrogens with one attached hydrogen (secondary N) is 3. The van der Waals surface area contributed by atoms with Gasteiger partial charge in [0.1, 0.15) is 18.1 Å². The fourth-order valence-electron chi connectivity index (χ4n) is 13.6. The molecule has 2 aromatic heterocycles. The van der Waals surface area contributed by atoms with Crippen molar-refractivity contribution >= 4 is 40.2 Å². The molecular weight excluding hydrogens is 879 g/mol. The maximum absolute atomic E-state index is 15.2. The standard InChI is InChI=1S/C56H77N9O5/c1-6-64-45-20-19-38-28-41(45)42(50(64)40-15-9-23-57-46(40)35(2)3)29-55(4,5)34-70-54(69)43-16-11-25-65(60-43)52(67)44(31-61-24-10-14-39(38)30-61)58-51(66)49(37-12-7-8-13-37)62-26-21-56(32-62)22-27-63(33-56)53(68)48-47(59-48)36-17-18-36/h9,14-15,19-20,23,28,35-37,43-44,47-49,59-60H,6-8,10-13,16-18,21-22,24-27,29-34H2,1-5H3,(H,58,66)/t43-,44-,47+,48+,49-,56-/m0/s1. The van der Waals surface area contributed by atoms with Crippen LogP contribution < -0.4 is 16.1 Å². The summed E-state index contributed by atoms with van der Waals surface area (Å²) in [5.41, 5.74) is 11.0. The predicted octanol–water partition coefficient (Wildman–Crippen LogP) is 6.28. The van der Waals surface area contributed by atoms with Crippen LogP contribution >= 0.6 is 0 Å². The molecule has 14 heteroatoms. The van der Waals surface area contributed by atoms with Crippen LogP contribution in [-0.4, -0.2) is 142 Å². The highest BCUT2D eigenvalue weighted by Gasteiger charge is 2.55. The molecule has 8 aliphatic rings. The first-order chi connectivity index (χ1) is 33.8. The first-order valence-electron chi connectivity index (χ1n) is 27.1. The van der Waals surface area contributed by atoms with Crippen molar-refractivity contribution < 1.29 is 23.9 Å². The number of amides is 3. The van der Waals surface area contributed by atoms with E-state index in [0.717, 1.165) is 101 Å². The Morgan fingerprint density at radius 3 is 2.57 bits per heavy atom. The number of nitrogens with zero attached hydrogens (tertiary/aromatic N) is 6. The monoisotopic (exact) mass is 956 g/mol. The Balaban J connectivity index is 0.892. The van der Waals surface area contributed by atoms with Crippen LogP contribution in [0, 0.1) is 22.7 Å². The van der Waals surface area contributed by atoms with Crippen LogP contribution in [0.5, 0.6) is 0 Å². The van der Waals surface area contributed by atoms with Crippen LogP contribution in [0.4, 0.5) is 0 Å². The van der Waals surface area contributed by atoms with Gasteiger partial charge < -0.3 is 19.5 Å². The number of carbonyl (C=O) groups is 4. The lowest BCUT2D eigenvalue weighted by Crippen LogP contribution is -2.63. The van der Waals surface area contributed by atoms with E-state index in [-0.39, 0.29) is 59.6 Å². The molecule has 3 N–H and O–H groups in total. The summed E-state index contributed by atoms with van der Waals surface area (Å²) in [6, 6.07) is 9.61. The second-order valence-corrected chi connectivity index (χ2v) is 23.7. The second-order valence-electron chi connectivity index (χ2n) is 23.7. The second kappa shape index (κ2) is 19.1. The Bertz CT molecular complexity index is 2540. The third kappa shape index (κ3) is 9.35. The highest BCUT2D eigenvalue weighted by atomic mass is 16.5. The van der Waals surface area contributed by atoms with Gasteiger partial charge in [-0.05, 0) is 136 Å². The number of esters is 1. The highest BCUT2D eigenvalue weighted by molar-refractivity contribution is 5.95. The van der Waals surface area contributed by atoms with Crippen LogP contribution in [0.15, 0.2) is 42.6 Å². The molecule has 3 amide bonds. The smallest absolute Gasteiger partial charge is 0.324 e. The zero-order valence-electron chi connectivity index (χ0n) is 42.4. The van der Waals surface area contributed by atoms with Crippen molar-refractivity contribution in [3.8, 4) is 11.3 Å². The molecule has 0 radical (unpaired) electrons. The van der Waals surface area contributed by atoms with E-state index in [9.17, 15) is 9.59 Å². The first kappa shape index (κ1) is 47.7. The molecule has 14 nitrogen and oxygen atoms in total. The molecule has 1 spiro atoms. The summed E-state index contributed by atoms with van der Waals surface area (Å²) in [5.74, 6) is 0.715. The minimum atomic E-state index is -0.831. The van der Waals surface area contributed by atoms with E-state index < -0.39 is 17.5 Å². The maximum atomic E-state index is 15.2. The van der Waals surface area contributed by atoms with Crippen LogP contribution in [0.25, 0.3) is 27.7 Å². The number of hydrogen-bond acceptors (Lipinski definition) is 10. The fourth-order valence-corrected chi connectivity index (χ4v) is 13.6. The molecule has 7 atom stereocenters. The van der Waals surface area contributed by atoms with Crippen molar-refractivity contribution in [3.63, 3.8) is 0 Å². The summed E-state index contributed by atoms with van der Waals surface area (Å²) in [7, 11) is 0. The number of likely N-dealkylation sites (tertiary alicyclic amines) is 2. The molecule has 2 saturated carbocycles. The van der Waals surface area contributed by atoms with Gasteiger partial charge in [0.2, 0.25) is 11.8 Å². The summed E-state index contributed by atoms with van der Waals surface area (Å²) in [6.07, 6.45) is 15.5. The Morgan fingerprint density at radius 2 is 1.79 bits per heavy atom. The fraction of sp³-hybridized carbons (Fsp3) is 0.661. The Morgan fingerprint density at radius 1 is 0.971 bits per heavy atom. The van der Waals surface area contributed by atoms with Gasteiger partial charge in [0.15, 0.2) is 0 Å². The van der Waals surface area contributed by atoms with E-state index in [0.29, 0.717) is 50.9 Å². The molecule has 70 heavy (non-hydrogen) atoms. The van der Waals surface area contributed by atoms with Crippen molar-refractivity contribution in [2.45, 2.75) is 154 Å². The van der Waals surface area contributed by atoms with Crippen molar-refractivity contribution in [1.29, 1.82) is 0 Å². The minimum absolute atomic E-state index is 0.0130. The summed E-state index contributed by atoms with van der Waals surface area (Å²) in [4.78, 5) is 69.7. The highest BCUT2D eigenvalue weighted by Crippen LogP contribution is 2.46. The minimum Gasteiger partial charge on any atom is -0.464 e. The van der Waals surface area contributed by atoms with Gasteiger partial charge in [-0.25, -0.2) is 5.43 Å². The number of rotatable bonds is 9. The van der Waals surface area contributed by atoms with Gasteiger partial charge in [0.05, 0.1) is 24.0 Å². The van der Waals surface area contributed by atoms with Crippen LogP contribution in [-0.2, 0) is 36.9 Å². The van der Waals surface area contributed by atoms with Gasteiger partial charge in [-0.15, -0.1) is 0 Å². The van der Waals surface area contributed by atoms with E-state index in [4.69, 9.17) is 9.72 Å². The summed E-state index contributed by atoms with van der Waals surface area (Å²) in [5, 5.41) is 9.68. The number of hydrogen-bond donors (Lipinski definition) is 3. The Labute approximate surface area is 414 Å². The number of benzene rings is 1. The SMILES string of the molecule is CCn1c(-c2cccnc2C(C)C)c2c3cc(ccc31)C1=CCCN(C1)C[C@H](NC(=O)[C@H](C1CCCC1)N1CC[C@]3(CCN(C(=O)[C@@H]4N[C@@H]4C4CC4)C3)C1)C(=O)N1CCC[C@H](N1)C(=O)OCC(C)(C)C2. The van der Waals surface area contributed by atoms with Crippen molar-refractivity contribution in [3.05, 3.63) is 59.4 Å². The van der Waals surface area contributed by atoms with Crippen LogP contribution in [0.1, 0.15) is 128 Å². The van der Waals surface area contributed by atoms with Gasteiger partial charge in [-0.2, -0.15) is 0 Å². The van der Waals surface area contributed by atoms with Crippen molar-refractivity contribution in [2.24, 2.45) is 22.7 Å². The van der Waals surface area contributed by atoms with Crippen LogP contribution in [0.2, 0.25) is 0 Å².